The predicted molar refractivity (Wildman–Crippen MR) is 106 cm³/mol. The summed E-state index contributed by atoms with van der Waals surface area (Å²) in [5, 5.41) is 9.33. The molecule has 138 valence electrons. The lowest BCUT2D eigenvalue weighted by molar-refractivity contribution is -0.139. The van der Waals surface area contributed by atoms with E-state index in [-0.39, 0.29) is 6.54 Å². The molecule has 2 aromatic carbocycles. The minimum absolute atomic E-state index is 0.127. The van der Waals surface area contributed by atoms with E-state index in [2.05, 4.69) is 65.3 Å². The number of aryl methyl sites for hydroxylation is 1. The molecule has 2 aromatic rings. The van der Waals surface area contributed by atoms with Crippen LogP contribution in [0.1, 0.15) is 24.0 Å². The van der Waals surface area contributed by atoms with Crippen LogP contribution in [0, 0.1) is 6.92 Å². The Kier molecular flexibility index (Phi) is 6.29. The zero-order chi connectivity index (χ0) is 18.4. The maximum atomic E-state index is 11.4. The second-order valence-electron chi connectivity index (χ2n) is 7.16. The third kappa shape index (κ3) is 5.09. The number of para-hydroxylation sites is 1. The third-order valence-corrected chi connectivity index (χ3v) is 5.21. The Morgan fingerprint density at radius 1 is 1.12 bits per heavy atom. The van der Waals surface area contributed by atoms with Crippen LogP contribution in [-0.2, 0) is 11.2 Å². The summed E-state index contributed by atoms with van der Waals surface area (Å²) in [5.74, 6) is -0.736. The first-order valence-corrected chi connectivity index (χ1v) is 9.43. The number of aliphatic carboxylic acids is 1. The summed E-state index contributed by atoms with van der Waals surface area (Å²) in [4.78, 5) is 15.9. The van der Waals surface area contributed by atoms with Gasteiger partial charge in [-0.05, 0) is 43.9 Å². The average molecular weight is 352 g/mol. The molecule has 0 spiro atoms. The van der Waals surface area contributed by atoms with Gasteiger partial charge >= 0.3 is 5.97 Å². The molecule has 1 N–H and O–H groups in total. The summed E-state index contributed by atoms with van der Waals surface area (Å²) < 4.78 is 0. The number of hydrogen-bond donors (Lipinski definition) is 1. The van der Waals surface area contributed by atoms with E-state index in [0.29, 0.717) is 6.04 Å². The summed E-state index contributed by atoms with van der Waals surface area (Å²) in [5.41, 5.74) is 3.79. The van der Waals surface area contributed by atoms with Crippen LogP contribution < -0.4 is 4.90 Å². The first kappa shape index (κ1) is 18.5. The summed E-state index contributed by atoms with van der Waals surface area (Å²) in [6.07, 6.45) is 2.92. The van der Waals surface area contributed by atoms with E-state index >= 15 is 0 Å². The molecule has 0 amide bonds. The van der Waals surface area contributed by atoms with Crippen LogP contribution in [0.25, 0.3) is 0 Å². The van der Waals surface area contributed by atoms with Crippen molar-refractivity contribution in [1.82, 2.24) is 4.90 Å². The summed E-state index contributed by atoms with van der Waals surface area (Å²) in [6.45, 7) is 4.98. The van der Waals surface area contributed by atoms with Crippen LogP contribution in [-0.4, -0.2) is 48.2 Å². The molecule has 0 aliphatic carbocycles. The lowest BCUT2D eigenvalue weighted by atomic mass is 10.0. The molecular weight excluding hydrogens is 324 g/mol. The Labute approximate surface area is 156 Å². The van der Waals surface area contributed by atoms with Gasteiger partial charge in [0.05, 0.1) is 6.54 Å². The molecule has 1 saturated heterocycles. The van der Waals surface area contributed by atoms with E-state index in [4.69, 9.17) is 0 Å². The lowest BCUT2D eigenvalue weighted by Crippen LogP contribution is -2.47. The third-order valence-electron chi connectivity index (χ3n) is 5.21. The molecule has 0 unspecified atom stereocenters. The van der Waals surface area contributed by atoms with E-state index in [9.17, 15) is 9.90 Å². The van der Waals surface area contributed by atoms with Crippen molar-refractivity contribution in [2.24, 2.45) is 0 Å². The smallest absolute Gasteiger partial charge is 0.317 e. The molecule has 1 aliphatic heterocycles. The number of carboxylic acid groups (broad SMARTS) is 1. The Balaban J connectivity index is 1.58. The van der Waals surface area contributed by atoms with Gasteiger partial charge in [0.15, 0.2) is 0 Å². The van der Waals surface area contributed by atoms with Crippen LogP contribution in [0.3, 0.4) is 0 Å². The fourth-order valence-corrected chi connectivity index (χ4v) is 3.83. The highest BCUT2D eigenvalue weighted by Crippen LogP contribution is 2.22. The quantitative estimate of drug-likeness (QED) is 0.827. The zero-order valence-electron chi connectivity index (χ0n) is 15.5. The SMILES string of the molecule is Cc1cccc(CCN(CC(=O)O)C2CCN(c3ccccc3)CC2)c1. The monoisotopic (exact) mass is 352 g/mol. The van der Waals surface area contributed by atoms with Crippen molar-refractivity contribution in [3.05, 3.63) is 65.7 Å². The second-order valence-corrected chi connectivity index (χ2v) is 7.16. The minimum Gasteiger partial charge on any atom is -0.480 e. The van der Waals surface area contributed by atoms with E-state index < -0.39 is 5.97 Å². The number of rotatable bonds is 7. The highest BCUT2D eigenvalue weighted by molar-refractivity contribution is 5.69. The van der Waals surface area contributed by atoms with E-state index in [0.717, 1.165) is 38.9 Å². The van der Waals surface area contributed by atoms with Crippen molar-refractivity contribution >= 4 is 11.7 Å². The Hall–Kier alpha value is -2.33. The molecule has 4 heteroatoms. The van der Waals surface area contributed by atoms with Crippen LogP contribution >= 0.6 is 0 Å². The fraction of sp³-hybridized carbons (Fsp3) is 0.409. The first-order chi connectivity index (χ1) is 12.6. The highest BCUT2D eigenvalue weighted by atomic mass is 16.4. The molecule has 1 aliphatic rings. The van der Waals surface area contributed by atoms with E-state index in [1.165, 1.54) is 16.8 Å². The molecule has 0 aromatic heterocycles. The Morgan fingerprint density at radius 3 is 2.50 bits per heavy atom. The van der Waals surface area contributed by atoms with Gasteiger partial charge in [-0.25, -0.2) is 0 Å². The number of piperidine rings is 1. The molecule has 26 heavy (non-hydrogen) atoms. The van der Waals surface area contributed by atoms with Crippen LogP contribution in [0.4, 0.5) is 5.69 Å². The highest BCUT2D eigenvalue weighted by Gasteiger charge is 2.26. The molecule has 0 atom stereocenters. The zero-order valence-corrected chi connectivity index (χ0v) is 15.5. The first-order valence-electron chi connectivity index (χ1n) is 9.43. The predicted octanol–water partition coefficient (Wildman–Crippen LogP) is 3.59. The average Bonchev–Trinajstić information content (AvgIpc) is 2.66. The normalized spacial score (nSPS) is 15.4. The van der Waals surface area contributed by atoms with E-state index in [1.54, 1.807) is 0 Å². The van der Waals surface area contributed by atoms with Crippen molar-refractivity contribution in [3.63, 3.8) is 0 Å². The van der Waals surface area contributed by atoms with Gasteiger partial charge in [0.2, 0.25) is 0 Å². The van der Waals surface area contributed by atoms with Crippen molar-refractivity contribution in [1.29, 1.82) is 0 Å². The second kappa shape index (κ2) is 8.86. The van der Waals surface area contributed by atoms with Gasteiger partial charge in [0.25, 0.3) is 0 Å². The number of carbonyl (C=O) groups is 1. The van der Waals surface area contributed by atoms with Crippen molar-refractivity contribution in [2.45, 2.75) is 32.2 Å². The summed E-state index contributed by atoms with van der Waals surface area (Å²) in [7, 11) is 0. The minimum atomic E-state index is -0.736. The van der Waals surface area contributed by atoms with E-state index in [1.807, 2.05) is 6.07 Å². The number of carboxylic acids is 1. The molecule has 1 fully saturated rings. The van der Waals surface area contributed by atoms with Gasteiger partial charge in [-0.3, -0.25) is 9.69 Å². The maximum absolute atomic E-state index is 11.4. The molecule has 3 rings (SSSR count). The number of hydrogen-bond acceptors (Lipinski definition) is 3. The topological polar surface area (TPSA) is 43.8 Å². The number of anilines is 1. The van der Waals surface area contributed by atoms with Crippen LogP contribution in [0.2, 0.25) is 0 Å². The molecule has 0 bridgehead atoms. The molecule has 4 nitrogen and oxygen atoms in total. The van der Waals surface area contributed by atoms with Crippen molar-refractivity contribution < 1.29 is 9.90 Å². The van der Waals surface area contributed by atoms with Gasteiger partial charge in [0, 0.05) is 31.4 Å². The Morgan fingerprint density at radius 2 is 1.85 bits per heavy atom. The number of benzene rings is 2. The lowest BCUT2D eigenvalue weighted by Gasteiger charge is -2.39. The summed E-state index contributed by atoms with van der Waals surface area (Å²) >= 11 is 0. The largest absolute Gasteiger partial charge is 0.480 e. The maximum Gasteiger partial charge on any atom is 0.317 e. The molecule has 1 heterocycles. The van der Waals surface area contributed by atoms with Crippen LogP contribution in [0.15, 0.2) is 54.6 Å². The molecule has 0 radical (unpaired) electrons. The van der Waals surface area contributed by atoms with Gasteiger partial charge in [0.1, 0.15) is 0 Å². The van der Waals surface area contributed by atoms with Gasteiger partial charge in [-0.1, -0.05) is 48.0 Å². The van der Waals surface area contributed by atoms with Crippen LogP contribution in [0.5, 0.6) is 0 Å². The number of nitrogens with zero attached hydrogens (tertiary/aromatic N) is 2. The van der Waals surface area contributed by atoms with Gasteiger partial charge < -0.3 is 10.0 Å². The molecular formula is C22H28N2O2. The van der Waals surface area contributed by atoms with Gasteiger partial charge in [-0.2, -0.15) is 0 Å². The molecule has 0 saturated carbocycles. The van der Waals surface area contributed by atoms with Gasteiger partial charge in [-0.15, -0.1) is 0 Å². The summed E-state index contributed by atoms with van der Waals surface area (Å²) in [6, 6.07) is 19.3. The standard InChI is InChI=1S/C22H28N2O2/c1-18-6-5-7-19(16-18)10-13-24(17-22(25)26)21-11-14-23(15-12-21)20-8-3-2-4-9-20/h2-9,16,21H,10-15,17H2,1H3,(H,25,26). The van der Waals surface area contributed by atoms with Crippen molar-refractivity contribution in [3.8, 4) is 0 Å². The fourth-order valence-electron chi connectivity index (χ4n) is 3.83. The van der Waals surface area contributed by atoms with Crippen molar-refractivity contribution in [2.75, 3.05) is 31.1 Å². The Bertz CT molecular complexity index is 709.